The quantitative estimate of drug-likeness (QED) is 0.536. The highest BCUT2D eigenvalue weighted by atomic mass is 14.2. The molecule has 9 heavy (non-hydrogen) atoms. The van der Waals surface area contributed by atoms with Crippen LogP contribution in [-0.4, -0.2) is 0 Å². The summed E-state index contributed by atoms with van der Waals surface area (Å²) >= 11 is 0. The Morgan fingerprint density at radius 1 is 1.33 bits per heavy atom. The van der Waals surface area contributed by atoms with Crippen molar-refractivity contribution in [3.8, 4) is 0 Å². The molecule has 0 spiro atoms. The fraction of sp³-hybridized carbons (Fsp3) is 0.111. The van der Waals surface area contributed by atoms with Crippen molar-refractivity contribution in [2.45, 2.75) is 6.42 Å². The second-order valence-electron chi connectivity index (χ2n) is 2.37. The van der Waals surface area contributed by atoms with Gasteiger partial charge in [0.25, 0.3) is 0 Å². The van der Waals surface area contributed by atoms with Crippen LogP contribution >= 0.6 is 0 Å². The van der Waals surface area contributed by atoms with Crippen LogP contribution < -0.4 is 0 Å². The van der Waals surface area contributed by atoms with Crippen LogP contribution in [0.15, 0.2) is 24.8 Å². The van der Waals surface area contributed by atoms with E-state index in [2.05, 4.69) is 24.8 Å². The molecule has 1 aromatic rings. The number of hydrogen-bond donors (Lipinski definition) is 0. The van der Waals surface area contributed by atoms with Crippen LogP contribution in [0.3, 0.4) is 0 Å². The van der Waals surface area contributed by atoms with E-state index in [0.29, 0.717) is 0 Å². The average Bonchev–Trinajstić information content (AvgIpc) is 1.90. The highest BCUT2D eigenvalue weighted by molar-refractivity contribution is 5.64. The predicted octanol–water partition coefficient (Wildman–Crippen LogP) is 2.23. The van der Waals surface area contributed by atoms with E-state index in [4.69, 9.17) is 0 Å². The summed E-state index contributed by atoms with van der Waals surface area (Å²) in [6, 6.07) is 6.41. The van der Waals surface area contributed by atoms with E-state index in [1.165, 1.54) is 16.7 Å². The zero-order chi connectivity index (χ0) is 6.27. The van der Waals surface area contributed by atoms with Gasteiger partial charge in [0.05, 0.1) is 0 Å². The fourth-order valence-electron chi connectivity index (χ4n) is 1.34. The Labute approximate surface area is 54.8 Å². The topological polar surface area (TPSA) is 0 Å². The first-order valence-electron chi connectivity index (χ1n) is 3.15. The molecule has 0 amide bonds. The van der Waals surface area contributed by atoms with Crippen molar-refractivity contribution in [2.24, 2.45) is 0 Å². The Morgan fingerprint density at radius 2 is 2.00 bits per heavy atom. The van der Waals surface area contributed by atoms with Crippen molar-refractivity contribution >= 4 is 6.08 Å². The number of hydrogen-bond acceptors (Lipinski definition) is 0. The van der Waals surface area contributed by atoms with Crippen molar-refractivity contribution in [3.63, 3.8) is 0 Å². The maximum Gasteiger partial charge on any atom is -0.00137 e. The van der Waals surface area contributed by atoms with Crippen LogP contribution in [0.4, 0.5) is 0 Å². The summed E-state index contributed by atoms with van der Waals surface area (Å²) in [7, 11) is 0. The lowest BCUT2D eigenvalue weighted by molar-refractivity contribution is 1.07. The van der Waals surface area contributed by atoms with Crippen molar-refractivity contribution < 1.29 is 0 Å². The molecular weight excluding hydrogens is 108 g/mol. The molecule has 0 saturated carbocycles. The minimum Gasteiger partial charge on any atom is -0.0984 e. The summed E-state index contributed by atoms with van der Waals surface area (Å²) < 4.78 is 0. The zero-order valence-electron chi connectivity index (χ0n) is 5.22. The molecule has 1 aromatic carbocycles. The Kier molecular flexibility index (Phi) is 0.786. The van der Waals surface area contributed by atoms with E-state index >= 15 is 0 Å². The average molecular weight is 116 g/mol. The minimum atomic E-state index is 1.16. The van der Waals surface area contributed by atoms with E-state index in [0.717, 1.165) is 6.42 Å². The molecule has 2 aliphatic carbocycles. The van der Waals surface area contributed by atoms with Crippen molar-refractivity contribution in [2.75, 3.05) is 0 Å². The molecule has 0 aliphatic heterocycles. The summed E-state index contributed by atoms with van der Waals surface area (Å²) in [6.07, 6.45) is 3.10. The van der Waals surface area contributed by atoms with Crippen LogP contribution in [0.1, 0.15) is 16.7 Å². The molecule has 0 heterocycles. The van der Waals surface area contributed by atoms with Gasteiger partial charge in [0, 0.05) is 0 Å². The molecule has 0 N–H and O–H groups in total. The molecule has 0 radical (unpaired) electrons. The summed E-state index contributed by atoms with van der Waals surface area (Å²) in [5, 5.41) is 0. The maximum absolute atomic E-state index is 3.73. The maximum atomic E-state index is 3.73. The van der Waals surface area contributed by atoms with E-state index < -0.39 is 0 Å². The van der Waals surface area contributed by atoms with Crippen LogP contribution in [-0.2, 0) is 6.42 Å². The van der Waals surface area contributed by atoms with Gasteiger partial charge in [-0.3, -0.25) is 0 Å². The van der Waals surface area contributed by atoms with Gasteiger partial charge in [-0.15, -0.1) is 0 Å². The molecule has 0 aromatic heterocycles. The minimum absolute atomic E-state index is 1.16. The molecule has 2 bridgehead atoms. The standard InChI is InChI=1S/C9H8/c1-2-9-7-4-3-5-8(9)6-7/h2-5H,1,6H2. The third-order valence-electron chi connectivity index (χ3n) is 1.87. The summed E-state index contributed by atoms with van der Waals surface area (Å²) in [4.78, 5) is 0. The lowest BCUT2D eigenvalue weighted by Gasteiger charge is -2.19. The molecule has 3 rings (SSSR count). The SMILES string of the molecule is C=Cc1c2cccc1C2. The second kappa shape index (κ2) is 1.47. The van der Waals surface area contributed by atoms with Crippen molar-refractivity contribution in [3.05, 3.63) is 41.5 Å². The molecule has 0 atom stereocenters. The molecule has 44 valence electrons. The first-order chi connectivity index (χ1) is 4.42. The van der Waals surface area contributed by atoms with E-state index in [1.54, 1.807) is 0 Å². The smallest absolute Gasteiger partial charge is 0.00137 e. The van der Waals surface area contributed by atoms with Gasteiger partial charge in [0.2, 0.25) is 0 Å². The van der Waals surface area contributed by atoms with Gasteiger partial charge in [0.15, 0.2) is 0 Å². The Balaban J connectivity index is 2.67. The Morgan fingerprint density at radius 3 is 2.33 bits per heavy atom. The molecule has 0 heteroatoms. The van der Waals surface area contributed by atoms with Crippen molar-refractivity contribution in [1.29, 1.82) is 0 Å². The molecule has 0 nitrogen and oxygen atoms in total. The largest absolute Gasteiger partial charge is 0.0984 e. The molecule has 2 aliphatic rings. The highest BCUT2D eigenvalue weighted by Gasteiger charge is 2.14. The van der Waals surface area contributed by atoms with Gasteiger partial charge >= 0.3 is 0 Å². The van der Waals surface area contributed by atoms with Gasteiger partial charge in [-0.25, -0.2) is 0 Å². The third-order valence-corrected chi connectivity index (χ3v) is 1.87. The first-order valence-corrected chi connectivity index (χ1v) is 3.15. The van der Waals surface area contributed by atoms with Crippen molar-refractivity contribution in [1.82, 2.24) is 0 Å². The molecule has 0 saturated heterocycles. The van der Waals surface area contributed by atoms with Gasteiger partial charge in [-0.05, 0) is 23.1 Å². The predicted molar refractivity (Wildman–Crippen MR) is 39.3 cm³/mol. The summed E-state index contributed by atoms with van der Waals surface area (Å²) in [6.45, 7) is 3.73. The van der Waals surface area contributed by atoms with Gasteiger partial charge in [-0.2, -0.15) is 0 Å². The second-order valence-corrected chi connectivity index (χ2v) is 2.37. The highest BCUT2D eigenvalue weighted by Crippen LogP contribution is 2.29. The van der Waals surface area contributed by atoms with Crippen LogP contribution in [0.2, 0.25) is 0 Å². The molecule has 0 unspecified atom stereocenters. The zero-order valence-corrected chi connectivity index (χ0v) is 5.22. The fourth-order valence-corrected chi connectivity index (χ4v) is 1.34. The first kappa shape index (κ1) is 4.80. The third kappa shape index (κ3) is 0.476. The van der Waals surface area contributed by atoms with Gasteiger partial charge in [0.1, 0.15) is 0 Å². The van der Waals surface area contributed by atoms with Gasteiger partial charge < -0.3 is 0 Å². The van der Waals surface area contributed by atoms with Crippen LogP contribution in [0.5, 0.6) is 0 Å². The molecule has 0 fully saturated rings. The Bertz CT molecular complexity index is 238. The summed E-state index contributed by atoms with van der Waals surface area (Å²) in [5.41, 5.74) is 4.25. The monoisotopic (exact) mass is 116 g/mol. The number of benzene rings is 1. The van der Waals surface area contributed by atoms with Crippen LogP contribution in [0, 0.1) is 0 Å². The van der Waals surface area contributed by atoms with E-state index in [-0.39, 0.29) is 0 Å². The Hall–Kier alpha value is -1.04. The van der Waals surface area contributed by atoms with Gasteiger partial charge in [-0.1, -0.05) is 30.9 Å². The van der Waals surface area contributed by atoms with Crippen LogP contribution in [0.25, 0.3) is 6.08 Å². The van der Waals surface area contributed by atoms with E-state index in [9.17, 15) is 0 Å². The normalized spacial score (nSPS) is 12.4. The lowest BCUT2D eigenvalue weighted by Crippen LogP contribution is -2.05. The number of rotatable bonds is 1. The number of fused-ring (bicyclic) bond motifs is 2. The summed E-state index contributed by atoms with van der Waals surface area (Å²) in [5.74, 6) is 0. The van der Waals surface area contributed by atoms with E-state index in [1.807, 2.05) is 6.08 Å². The lowest BCUT2D eigenvalue weighted by atomic mass is 9.85. The molecular formula is C9H8.